The van der Waals surface area contributed by atoms with E-state index in [1.807, 2.05) is 0 Å². The van der Waals surface area contributed by atoms with Crippen molar-refractivity contribution >= 4 is 11.6 Å². The van der Waals surface area contributed by atoms with Crippen LogP contribution in [0.2, 0.25) is 0 Å². The molecule has 0 bridgehead atoms. The van der Waals surface area contributed by atoms with Gasteiger partial charge in [-0.3, -0.25) is 19.7 Å². The predicted molar refractivity (Wildman–Crippen MR) is 104 cm³/mol. The molecular formula is C20H19F5N6O2. The first kappa shape index (κ1) is 23.0. The van der Waals surface area contributed by atoms with Crippen LogP contribution in [0.25, 0.3) is 0 Å². The van der Waals surface area contributed by atoms with Gasteiger partial charge in [-0.1, -0.05) is 11.2 Å². The number of nitrogens with one attached hydrogen (secondary N) is 1. The van der Waals surface area contributed by atoms with E-state index in [1.165, 1.54) is 18.5 Å². The molecule has 0 saturated carbocycles. The Labute approximate surface area is 184 Å². The summed E-state index contributed by atoms with van der Waals surface area (Å²) >= 11 is 0. The van der Waals surface area contributed by atoms with Crippen molar-refractivity contribution < 1.29 is 31.3 Å². The van der Waals surface area contributed by atoms with Crippen molar-refractivity contribution in [1.82, 2.24) is 25.3 Å². The molecule has 1 saturated heterocycles. The van der Waals surface area contributed by atoms with Crippen molar-refractivity contribution in [3.05, 3.63) is 54.1 Å². The number of pyridine rings is 1. The maximum absolute atomic E-state index is 13.4. The van der Waals surface area contributed by atoms with Crippen molar-refractivity contribution in [3.8, 4) is 0 Å². The average Bonchev–Trinajstić information content (AvgIpc) is 3.28. The van der Waals surface area contributed by atoms with Crippen LogP contribution in [0.1, 0.15) is 36.7 Å². The number of halogens is 5. The number of carbonyl (C=O) groups is 1. The molecule has 2 aromatic heterocycles. The Morgan fingerprint density at radius 2 is 1.97 bits per heavy atom. The lowest BCUT2D eigenvalue weighted by atomic mass is 9.88. The number of hydrogen-bond acceptors (Lipinski definition) is 7. The summed E-state index contributed by atoms with van der Waals surface area (Å²) in [5, 5.41) is 6.13. The minimum Gasteiger partial charge on any atom is -0.338 e. The Morgan fingerprint density at radius 3 is 2.61 bits per heavy atom. The van der Waals surface area contributed by atoms with E-state index in [2.05, 4.69) is 30.0 Å². The van der Waals surface area contributed by atoms with E-state index in [0.717, 1.165) is 0 Å². The van der Waals surface area contributed by atoms with Crippen LogP contribution in [0.3, 0.4) is 0 Å². The second-order valence-electron chi connectivity index (χ2n) is 7.86. The number of alkyl halides is 5. The minimum absolute atomic E-state index is 0.0182. The highest BCUT2D eigenvalue weighted by Gasteiger charge is 2.45. The summed E-state index contributed by atoms with van der Waals surface area (Å²) in [5.74, 6) is -5.33. The van der Waals surface area contributed by atoms with Crippen molar-refractivity contribution in [1.29, 1.82) is 0 Å². The predicted octanol–water partition coefficient (Wildman–Crippen LogP) is 2.93. The van der Waals surface area contributed by atoms with Gasteiger partial charge in [-0.25, -0.2) is 8.78 Å². The number of aromatic nitrogens is 3. The van der Waals surface area contributed by atoms with E-state index in [0.29, 0.717) is 11.4 Å². The van der Waals surface area contributed by atoms with Crippen LogP contribution >= 0.6 is 0 Å². The number of nitrogens with zero attached hydrogens (tertiary/aromatic N) is 5. The van der Waals surface area contributed by atoms with E-state index in [9.17, 15) is 26.7 Å². The number of hydrogen-bond donors (Lipinski definition) is 1. The Hall–Kier alpha value is -3.22. The normalized spacial score (nSPS) is 23.2. The molecular weight excluding hydrogens is 451 g/mol. The molecule has 1 atom stereocenters. The van der Waals surface area contributed by atoms with Crippen molar-refractivity contribution in [2.45, 2.75) is 36.9 Å². The smallest absolute Gasteiger partial charge is 0.338 e. The molecule has 1 unspecified atom stereocenters. The van der Waals surface area contributed by atoms with Crippen LogP contribution in [0.5, 0.6) is 0 Å². The third-order valence-electron chi connectivity index (χ3n) is 5.38. The van der Waals surface area contributed by atoms with Crippen LogP contribution in [0.4, 0.5) is 22.0 Å². The van der Waals surface area contributed by atoms with Gasteiger partial charge in [0.05, 0.1) is 18.0 Å². The molecule has 8 nitrogen and oxygen atoms in total. The fraction of sp³-hybridized carbons (Fsp3) is 0.450. The zero-order valence-corrected chi connectivity index (χ0v) is 17.1. The maximum Gasteiger partial charge on any atom is 0.471 e. The Bertz CT molecular complexity index is 1060. The summed E-state index contributed by atoms with van der Waals surface area (Å²) in [5.41, 5.74) is -0.758. The van der Waals surface area contributed by atoms with Gasteiger partial charge >= 0.3 is 12.1 Å². The van der Waals surface area contributed by atoms with Crippen LogP contribution < -0.4 is 5.32 Å². The SMILES string of the molecule is O=C(CN1CCC(F)(F)CC1)NC1(c2noc(C(F)(F)F)n2)C=CN=C(c2ccccn2)C1. The first-order chi connectivity index (χ1) is 15.6. The number of piperidine rings is 1. The summed E-state index contributed by atoms with van der Waals surface area (Å²) in [6.07, 6.45) is -1.50. The highest BCUT2D eigenvalue weighted by atomic mass is 19.4. The summed E-state index contributed by atoms with van der Waals surface area (Å²) in [6.45, 7) is -0.180. The van der Waals surface area contributed by atoms with E-state index in [-0.39, 0.29) is 38.9 Å². The van der Waals surface area contributed by atoms with Gasteiger partial charge in [0.2, 0.25) is 11.7 Å². The number of carbonyl (C=O) groups excluding carboxylic acids is 1. The van der Waals surface area contributed by atoms with E-state index >= 15 is 0 Å². The van der Waals surface area contributed by atoms with E-state index in [4.69, 9.17) is 0 Å². The lowest BCUT2D eigenvalue weighted by molar-refractivity contribution is -0.159. The lowest BCUT2D eigenvalue weighted by Gasteiger charge is -2.34. The topological polar surface area (TPSA) is 96.5 Å². The summed E-state index contributed by atoms with van der Waals surface area (Å²) in [6, 6.07) is 5.07. The molecule has 1 amide bonds. The van der Waals surface area contributed by atoms with E-state index in [1.54, 1.807) is 23.1 Å². The summed E-state index contributed by atoms with van der Waals surface area (Å²) in [4.78, 5) is 26.3. The van der Waals surface area contributed by atoms with E-state index < -0.39 is 35.3 Å². The fourth-order valence-electron chi connectivity index (χ4n) is 3.66. The summed E-state index contributed by atoms with van der Waals surface area (Å²) < 4.78 is 70.4. The zero-order chi connectivity index (χ0) is 23.7. The molecule has 176 valence electrons. The van der Waals surface area contributed by atoms with Crippen LogP contribution in [0, 0.1) is 0 Å². The highest BCUT2D eigenvalue weighted by Crippen LogP contribution is 2.34. The van der Waals surface area contributed by atoms with Crippen molar-refractivity contribution in [2.24, 2.45) is 4.99 Å². The first-order valence-corrected chi connectivity index (χ1v) is 10.0. The van der Waals surface area contributed by atoms with Gasteiger partial charge in [0, 0.05) is 44.7 Å². The van der Waals surface area contributed by atoms with Gasteiger partial charge in [-0.2, -0.15) is 18.2 Å². The van der Waals surface area contributed by atoms with Gasteiger partial charge in [-0.05, 0) is 18.2 Å². The largest absolute Gasteiger partial charge is 0.471 e. The van der Waals surface area contributed by atoms with Gasteiger partial charge in [0.15, 0.2) is 0 Å². The Balaban J connectivity index is 1.59. The average molecular weight is 470 g/mol. The summed E-state index contributed by atoms with van der Waals surface area (Å²) in [7, 11) is 0. The monoisotopic (exact) mass is 470 g/mol. The molecule has 4 heterocycles. The van der Waals surface area contributed by atoms with Crippen molar-refractivity contribution in [2.75, 3.05) is 19.6 Å². The first-order valence-electron chi connectivity index (χ1n) is 10.0. The minimum atomic E-state index is -4.87. The second kappa shape index (κ2) is 8.61. The molecule has 2 aliphatic heterocycles. The molecule has 0 spiro atoms. The van der Waals surface area contributed by atoms with Gasteiger partial charge in [0.25, 0.3) is 5.92 Å². The number of amides is 1. The third-order valence-corrected chi connectivity index (χ3v) is 5.38. The zero-order valence-electron chi connectivity index (χ0n) is 17.1. The molecule has 0 aromatic carbocycles. The van der Waals surface area contributed by atoms with Crippen LogP contribution in [-0.2, 0) is 16.5 Å². The maximum atomic E-state index is 13.4. The molecule has 33 heavy (non-hydrogen) atoms. The molecule has 1 fully saturated rings. The molecule has 2 aromatic rings. The Morgan fingerprint density at radius 1 is 1.21 bits per heavy atom. The molecule has 4 rings (SSSR count). The van der Waals surface area contributed by atoms with Crippen LogP contribution in [0.15, 0.2) is 46.2 Å². The molecule has 0 radical (unpaired) electrons. The molecule has 13 heteroatoms. The third kappa shape index (κ3) is 5.24. The second-order valence-corrected chi connectivity index (χ2v) is 7.86. The van der Waals surface area contributed by atoms with Gasteiger partial charge in [0.1, 0.15) is 5.54 Å². The van der Waals surface area contributed by atoms with Gasteiger partial charge in [-0.15, -0.1) is 0 Å². The lowest BCUT2D eigenvalue weighted by Crippen LogP contribution is -2.52. The van der Waals surface area contributed by atoms with Gasteiger partial charge < -0.3 is 9.84 Å². The highest BCUT2D eigenvalue weighted by molar-refractivity contribution is 6.01. The standard InChI is InChI=1S/C20H19F5N6O2/c21-19(22)5-9-31(10-6-19)12-15(32)29-18(16-28-17(33-30-16)20(23,24)25)4-8-27-14(11-18)13-3-1-2-7-26-13/h1-4,7-8H,5-6,9-12H2,(H,29,32). The molecule has 0 aliphatic carbocycles. The van der Waals surface area contributed by atoms with Crippen molar-refractivity contribution in [3.63, 3.8) is 0 Å². The molecule has 2 aliphatic rings. The molecule has 1 N–H and O–H groups in total. The Kier molecular flexibility index (Phi) is 5.99. The number of rotatable bonds is 5. The van der Waals surface area contributed by atoms with Crippen LogP contribution in [-0.4, -0.2) is 57.2 Å². The number of aliphatic imine (C=N–C) groups is 1. The fourth-order valence-corrected chi connectivity index (χ4v) is 3.66. The number of likely N-dealkylation sites (tertiary alicyclic amines) is 1. The quantitative estimate of drug-likeness (QED) is 0.676.